The van der Waals surface area contributed by atoms with Gasteiger partial charge < -0.3 is 19.5 Å². The Morgan fingerprint density at radius 3 is 2.47 bits per heavy atom. The van der Waals surface area contributed by atoms with E-state index in [0.717, 1.165) is 5.56 Å². The van der Waals surface area contributed by atoms with Crippen LogP contribution in [0.2, 0.25) is 5.02 Å². The molecule has 3 aromatic rings. The lowest BCUT2D eigenvalue weighted by Gasteiger charge is -2.11. The minimum absolute atomic E-state index is 0.356. The fraction of sp³-hybridized carbons (Fsp3) is 0.160. The van der Waals surface area contributed by atoms with Crippen LogP contribution in [0.15, 0.2) is 71.8 Å². The molecule has 8 nitrogen and oxygen atoms in total. The van der Waals surface area contributed by atoms with Crippen LogP contribution < -0.4 is 25.0 Å². The second kappa shape index (κ2) is 12.3. The number of methoxy groups -OCH3 is 2. The quantitative estimate of drug-likeness (QED) is 0.254. The molecule has 3 aromatic carbocycles. The molecule has 34 heavy (non-hydrogen) atoms. The molecule has 0 heterocycles. The van der Waals surface area contributed by atoms with Crippen LogP contribution in [0.4, 0.5) is 5.69 Å². The van der Waals surface area contributed by atoms with Gasteiger partial charge in [0.1, 0.15) is 18.8 Å². The minimum Gasteiger partial charge on any atom is -0.497 e. The number of nitrogens with one attached hydrogen (secondary N) is 2. The number of carbonyl (C=O) groups excluding carboxylic acids is 2. The summed E-state index contributed by atoms with van der Waals surface area (Å²) < 4.78 is 16.3. The molecule has 0 saturated heterocycles. The average molecular weight is 482 g/mol. The third-order valence-electron chi connectivity index (χ3n) is 4.57. The smallest absolute Gasteiger partial charge is 0.249 e. The zero-order valence-corrected chi connectivity index (χ0v) is 19.5. The van der Waals surface area contributed by atoms with E-state index in [0.29, 0.717) is 40.1 Å². The molecule has 0 radical (unpaired) electrons. The minimum atomic E-state index is -0.550. The fourth-order valence-corrected chi connectivity index (χ4v) is 3.02. The second-order valence-electron chi connectivity index (χ2n) is 7.08. The summed E-state index contributed by atoms with van der Waals surface area (Å²) in [4.78, 5) is 24.1. The fourth-order valence-electron chi connectivity index (χ4n) is 2.90. The van der Waals surface area contributed by atoms with E-state index < -0.39 is 11.8 Å². The van der Waals surface area contributed by atoms with Crippen LogP contribution in [-0.4, -0.2) is 32.2 Å². The van der Waals surface area contributed by atoms with Gasteiger partial charge in [-0.3, -0.25) is 9.59 Å². The monoisotopic (exact) mass is 481 g/mol. The van der Waals surface area contributed by atoms with Gasteiger partial charge in [-0.1, -0.05) is 29.8 Å². The topological polar surface area (TPSA) is 98.2 Å². The Balaban J connectivity index is 1.50. The Morgan fingerprint density at radius 1 is 0.941 bits per heavy atom. The maximum Gasteiger partial charge on any atom is 0.249 e. The maximum atomic E-state index is 12.1. The van der Waals surface area contributed by atoms with Gasteiger partial charge in [-0.25, -0.2) is 5.43 Å². The van der Waals surface area contributed by atoms with E-state index >= 15 is 0 Å². The molecule has 0 spiro atoms. The summed E-state index contributed by atoms with van der Waals surface area (Å²) in [5.74, 6) is 0.662. The molecule has 0 bridgehead atoms. The highest BCUT2D eigenvalue weighted by atomic mass is 35.5. The van der Waals surface area contributed by atoms with E-state index in [-0.39, 0.29) is 6.42 Å². The highest BCUT2D eigenvalue weighted by Gasteiger charge is 2.10. The third kappa shape index (κ3) is 7.53. The van der Waals surface area contributed by atoms with E-state index in [4.69, 9.17) is 25.8 Å². The molecule has 0 aliphatic carbocycles. The average Bonchev–Trinajstić information content (AvgIpc) is 2.84. The summed E-state index contributed by atoms with van der Waals surface area (Å²) in [6.45, 7) is 0.356. The summed E-state index contributed by atoms with van der Waals surface area (Å²) in [7, 11) is 3.07. The van der Waals surface area contributed by atoms with Crippen LogP contribution in [0.1, 0.15) is 17.5 Å². The van der Waals surface area contributed by atoms with Crippen molar-refractivity contribution >= 4 is 35.3 Å². The number of carbonyl (C=O) groups is 2. The Morgan fingerprint density at radius 2 is 1.74 bits per heavy atom. The predicted molar refractivity (Wildman–Crippen MR) is 131 cm³/mol. The van der Waals surface area contributed by atoms with E-state index in [1.54, 1.807) is 54.6 Å². The van der Waals surface area contributed by atoms with Crippen LogP contribution >= 0.6 is 11.6 Å². The first kappa shape index (κ1) is 24.6. The predicted octanol–water partition coefficient (Wildman–Crippen LogP) is 4.42. The number of amides is 2. The lowest BCUT2D eigenvalue weighted by Crippen LogP contribution is -2.24. The first-order chi connectivity index (χ1) is 16.5. The van der Waals surface area contributed by atoms with Gasteiger partial charge in [0.2, 0.25) is 11.8 Å². The maximum absolute atomic E-state index is 12.1. The number of halogens is 1. The zero-order chi connectivity index (χ0) is 24.3. The van der Waals surface area contributed by atoms with E-state index in [1.807, 2.05) is 12.1 Å². The van der Waals surface area contributed by atoms with Crippen molar-refractivity contribution in [2.45, 2.75) is 13.0 Å². The van der Waals surface area contributed by atoms with Crippen LogP contribution in [0.5, 0.6) is 17.2 Å². The second-order valence-corrected chi connectivity index (χ2v) is 7.51. The molecule has 9 heteroatoms. The van der Waals surface area contributed by atoms with E-state index in [9.17, 15) is 9.59 Å². The van der Waals surface area contributed by atoms with Crippen molar-refractivity contribution in [3.05, 3.63) is 82.9 Å². The number of hydrogen-bond acceptors (Lipinski definition) is 6. The Bertz CT molecular complexity index is 1170. The van der Waals surface area contributed by atoms with Crippen molar-refractivity contribution in [3.8, 4) is 17.2 Å². The summed E-state index contributed by atoms with van der Waals surface area (Å²) >= 11 is 5.90. The number of rotatable bonds is 10. The molecule has 0 saturated carbocycles. The molecule has 0 aliphatic rings. The zero-order valence-electron chi connectivity index (χ0n) is 18.7. The number of hydrazone groups is 1. The highest BCUT2D eigenvalue weighted by molar-refractivity contribution is 6.30. The Labute approximate surface area is 202 Å². The number of hydrogen-bond donors (Lipinski definition) is 2. The van der Waals surface area contributed by atoms with Crippen molar-refractivity contribution in [1.29, 1.82) is 0 Å². The van der Waals surface area contributed by atoms with Gasteiger partial charge in [-0.2, -0.15) is 5.10 Å². The van der Waals surface area contributed by atoms with Gasteiger partial charge in [0.15, 0.2) is 11.5 Å². The third-order valence-corrected chi connectivity index (χ3v) is 4.82. The first-order valence-electron chi connectivity index (χ1n) is 10.3. The van der Waals surface area contributed by atoms with Gasteiger partial charge in [-0.15, -0.1) is 0 Å². The summed E-state index contributed by atoms with van der Waals surface area (Å²) in [5.41, 5.74) is 4.51. The number of ether oxygens (including phenoxy) is 3. The Kier molecular flexibility index (Phi) is 8.88. The number of nitrogens with zero attached hydrogens (tertiary/aromatic N) is 1. The van der Waals surface area contributed by atoms with Crippen molar-refractivity contribution in [2.75, 3.05) is 19.5 Å². The molecule has 2 N–H and O–H groups in total. The standard InChI is InChI=1S/C25H24ClN3O5/c1-32-21-5-3-4-20(13-21)28-24(30)14-25(31)29-27-15-18-8-11-22(23(12-18)33-2)34-16-17-6-9-19(26)10-7-17/h3-13,15H,14,16H2,1-2H3,(H,28,30)(H,29,31). The molecule has 176 valence electrons. The highest BCUT2D eigenvalue weighted by Crippen LogP contribution is 2.28. The lowest BCUT2D eigenvalue weighted by atomic mass is 10.2. The molecule has 0 fully saturated rings. The van der Waals surface area contributed by atoms with Gasteiger partial charge in [0, 0.05) is 16.8 Å². The number of anilines is 1. The molecule has 3 rings (SSSR count). The molecular formula is C25H24ClN3O5. The molecule has 0 aromatic heterocycles. The summed E-state index contributed by atoms with van der Waals surface area (Å²) in [6, 6.07) is 19.5. The van der Waals surface area contributed by atoms with Crippen LogP contribution in [0.3, 0.4) is 0 Å². The van der Waals surface area contributed by atoms with Crippen LogP contribution in [-0.2, 0) is 16.2 Å². The lowest BCUT2D eigenvalue weighted by molar-refractivity contribution is -0.126. The number of benzene rings is 3. The van der Waals surface area contributed by atoms with E-state index in [1.165, 1.54) is 20.4 Å². The molecule has 0 aliphatic heterocycles. The van der Waals surface area contributed by atoms with Gasteiger partial charge in [0.25, 0.3) is 0 Å². The summed E-state index contributed by atoms with van der Waals surface area (Å²) in [5, 5.41) is 7.20. The molecule has 2 amide bonds. The van der Waals surface area contributed by atoms with Crippen molar-refractivity contribution in [3.63, 3.8) is 0 Å². The van der Waals surface area contributed by atoms with Gasteiger partial charge in [0.05, 0.1) is 20.4 Å². The van der Waals surface area contributed by atoms with Gasteiger partial charge in [-0.05, 0) is 53.6 Å². The largest absolute Gasteiger partial charge is 0.497 e. The SMILES string of the molecule is COc1cccc(NC(=O)CC(=O)NN=Cc2ccc(OCc3ccc(Cl)cc3)c(OC)c2)c1. The first-order valence-corrected chi connectivity index (χ1v) is 10.7. The van der Waals surface area contributed by atoms with Crippen LogP contribution in [0.25, 0.3) is 0 Å². The molecular weight excluding hydrogens is 458 g/mol. The summed E-state index contributed by atoms with van der Waals surface area (Å²) in [6.07, 6.45) is 1.07. The van der Waals surface area contributed by atoms with Gasteiger partial charge >= 0.3 is 0 Å². The normalized spacial score (nSPS) is 10.6. The van der Waals surface area contributed by atoms with Crippen molar-refractivity contribution < 1.29 is 23.8 Å². The van der Waals surface area contributed by atoms with Crippen molar-refractivity contribution in [2.24, 2.45) is 5.10 Å². The molecule has 0 unspecified atom stereocenters. The van der Waals surface area contributed by atoms with Crippen LogP contribution in [0, 0.1) is 0 Å². The molecule has 0 atom stereocenters. The van der Waals surface area contributed by atoms with Crippen molar-refractivity contribution in [1.82, 2.24) is 5.43 Å². The Hall–Kier alpha value is -4.04. The van der Waals surface area contributed by atoms with E-state index in [2.05, 4.69) is 15.8 Å².